The molecule has 0 aliphatic rings. The molecule has 1 N–H and O–H groups in total. The molecule has 2 aromatic heterocycles. The van der Waals surface area contributed by atoms with Gasteiger partial charge in [0.05, 0.1) is 5.69 Å². The molecule has 0 unspecified atom stereocenters. The van der Waals surface area contributed by atoms with Crippen LogP contribution in [0.1, 0.15) is 16.2 Å². The van der Waals surface area contributed by atoms with Crippen molar-refractivity contribution in [1.82, 2.24) is 9.97 Å². The number of aromatic nitrogens is 2. The lowest BCUT2D eigenvalue weighted by atomic mass is 10.1. The summed E-state index contributed by atoms with van der Waals surface area (Å²) in [4.78, 5) is 20.5. The smallest absolute Gasteiger partial charge is 0.276 e. The number of rotatable bonds is 3. The number of benzene rings is 1. The van der Waals surface area contributed by atoms with E-state index in [4.69, 9.17) is 0 Å². The van der Waals surface area contributed by atoms with Crippen molar-refractivity contribution in [1.29, 1.82) is 0 Å². The predicted molar refractivity (Wildman–Crippen MR) is 84.5 cm³/mol. The molecule has 4 nitrogen and oxygen atoms in total. The number of thiazole rings is 1. The van der Waals surface area contributed by atoms with Gasteiger partial charge >= 0.3 is 0 Å². The molecule has 1 aromatic carbocycles. The third kappa shape index (κ3) is 3.14. The van der Waals surface area contributed by atoms with Gasteiger partial charge in [0.15, 0.2) is 5.13 Å². The summed E-state index contributed by atoms with van der Waals surface area (Å²) in [6, 6.07) is 13.5. The topological polar surface area (TPSA) is 54.9 Å². The monoisotopic (exact) mass is 295 g/mol. The van der Waals surface area contributed by atoms with Gasteiger partial charge in [0, 0.05) is 17.1 Å². The maximum absolute atomic E-state index is 12.1. The van der Waals surface area contributed by atoms with E-state index in [1.807, 2.05) is 48.7 Å². The number of nitrogens with zero attached hydrogens (tertiary/aromatic N) is 2. The molecular formula is C16H13N3OS. The standard InChI is InChI=1S/C16H13N3OS/c1-11-10-21-16(18-11)19-15(20)14-8-7-13(9-17-14)12-5-3-2-4-6-12/h2-10H,1H3,(H,18,19,20). The van der Waals surface area contributed by atoms with Crippen molar-refractivity contribution in [2.75, 3.05) is 5.32 Å². The first kappa shape index (κ1) is 13.5. The van der Waals surface area contributed by atoms with Crippen molar-refractivity contribution in [2.24, 2.45) is 0 Å². The molecule has 0 saturated heterocycles. The molecule has 0 spiro atoms. The molecule has 3 rings (SSSR count). The summed E-state index contributed by atoms with van der Waals surface area (Å²) in [5.74, 6) is -0.246. The lowest BCUT2D eigenvalue weighted by Gasteiger charge is -2.03. The fourth-order valence-corrected chi connectivity index (χ4v) is 2.59. The Kier molecular flexibility index (Phi) is 3.75. The fraction of sp³-hybridized carbons (Fsp3) is 0.0625. The first-order chi connectivity index (χ1) is 10.2. The Hall–Kier alpha value is -2.53. The van der Waals surface area contributed by atoms with Crippen LogP contribution in [0.15, 0.2) is 54.0 Å². The van der Waals surface area contributed by atoms with Crippen LogP contribution in [0.5, 0.6) is 0 Å². The zero-order valence-corrected chi connectivity index (χ0v) is 12.2. The highest BCUT2D eigenvalue weighted by molar-refractivity contribution is 7.13. The van der Waals surface area contributed by atoms with Crippen LogP contribution in [-0.4, -0.2) is 15.9 Å². The molecule has 0 bridgehead atoms. The van der Waals surface area contributed by atoms with Crippen molar-refractivity contribution >= 4 is 22.4 Å². The Morgan fingerprint density at radius 1 is 1.10 bits per heavy atom. The van der Waals surface area contributed by atoms with Crippen LogP contribution >= 0.6 is 11.3 Å². The van der Waals surface area contributed by atoms with Crippen molar-refractivity contribution < 1.29 is 4.79 Å². The van der Waals surface area contributed by atoms with E-state index >= 15 is 0 Å². The van der Waals surface area contributed by atoms with Gasteiger partial charge in [-0.1, -0.05) is 36.4 Å². The molecule has 0 atom stereocenters. The Bertz CT molecular complexity index is 751. The second kappa shape index (κ2) is 5.85. The van der Waals surface area contributed by atoms with E-state index in [1.165, 1.54) is 11.3 Å². The van der Waals surface area contributed by atoms with Crippen molar-refractivity contribution in [3.63, 3.8) is 0 Å². The van der Waals surface area contributed by atoms with Crippen LogP contribution in [0.2, 0.25) is 0 Å². The van der Waals surface area contributed by atoms with Crippen LogP contribution in [0.3, 0.4) is 0 Å². The van der Waals surface area contributed by atoms with E-state index < -0.39 is 0 Å². The van der Waals surface area contributed by atoms with Gasteiger partial charge in [-0.25, -0.2) is 4.98 Å². The lowest BCUT2D eigenvalue weighted by Crippen LogP contribution is -2.13. The van der Waals surface area contributed by atoms with E-state index in [0.29, 0.717) is 10.8 Å². The average Bonchev–Trinajstić information content (AvgIpc) is 2.93. The van der Waals surface area contributed by atoms with Gasteiger partial charge in [-0.05, 0) is 18.6 Å². The van der Waals surface area contributed by atoms with E-state index in [-0.39, 0.29) is 5.91 Å². The minimum Gasteiger partial charge on any atom is -0.296 e. The molecule has 104 valence electrons. The highest BCUT2D eigenvalue weighted by Gasteiger charge is 2.09. The molecular weight excluding hydrogens is 282 g/mol. The molecule has 5 heteroatoms. The number of anilines is 1. The normalized spacial score (nSPS) is 10.3. The van der Waals surface area contributed by atoms with Crippen molar-refractivity contribution in [3.05, 3.63) is 65.4 Å². The summed E-state index contributed by atoms with van der Waals surface area (Å²) < 4.78 is 0. The zero-order chi connectivity index (χ0) is 14.7. The minimum atomic E-state index is -0.246. The second-order valence-electron chi connectivity index (χ2n) is 4.55. The van der Waals surface area contributed by atoms with Crippen LogP contribution in [0.25, 0.3) is 11.1 Å². The van der Waals surface area contributed by atoms with Gasteiger partial charge in [0.2, 0.25) is 0 Å². The first-order valence-corrected chi connectivity index (χ1v) is 7.35. The van der Waals surface area contributed by atoms with Gasteiger partial charge in [0.1, 0.15) is 5.69 Å². The van der Waals surface area contributed by atoms with Crippen molar-refractivity contribution in [2.45, 2.75) is 6.92 Å². The molecule has 0 aliphatic heterocycles. The van der Waals surface area contributed by atoms with Gasteiger partial charge < -0.3 is 0 Å². The van der Waals surface area contributed by atoms with Crippen LogP contribution in [0.4, 0.5) is 5.13 Å². The molecule has 0 saturated carbocycles. The van der Waals surface area contributed by atoms with E-state index in [2.05, 4.69) is 15.3 Å². The molecule has 3 aromatic rings. The summed E-state index contributed by atoms with van der Waals surface area (Å²) in [5, 5.41) is 5.22. The number of hydrogen-bond acceptors (Lipinski definition) is 4. The van der Waals surface area contributed by atoms with Gasteiger partial charge in [0.25, 0.3) is 5.91 Å². The van der Waals surface area contributed by atoms with Crippen LogP contribution < -0.4 is 5.32 Å². The molecule has 0 radical (unpaired) electrons. The van der Waals surface area contributed by atoms with Crippen molar-refractivity contribution in [3.8, 4) is 11.1 Å². The maximum Gasteiger partial charge on any atom is 0.276 e. The lowest BCUT2D eigenvalue weighted by molar-refractivity contribution is 0.102. The number of aryl methyl sites for hydroxylation is 1. The number of hydrogen-bond donors (Lipinski definition) is 1. The predicted octanol–water partition coefficient (Wildman–Crippen LogP) is 3.77. The second-order valence-corrected chi connectivity index (χ2v) is 5.40. The summed E-state index contributed by atoms with van der Waals surface area (Å²) in [7, 11) is 0. The van der Waals surface area contributed by atoms with Gasteiger partial charge in [-0.2, -0.15) is 0 Å². The number of pyridine rings is 1. The summed E-state index contributed by atoms with van der Waals surface area (Å²) in [5.41, 5.74) is 3.33. The number of carbonyl (C=O) groups is 1. The van der Waals surface area contributed by atoms with E-state index in [1.54, 1.807) is 12.3 Å². The summed E-state index contributed by atoms with van der Waals surface area (Å²) >= 11 is 1.40. The Balaban J connectivity index is 1.76. The summed E-state index contributed by atoms with van der Waals surface area (Å²) in [6.45, 7) is 1.89. The maximum atomic E-state index is 12.1. The fourth-order valence-electron chi connectivity index (χ4n) is 1.90. The third-order valence-electron chi connectivity index (χ3n) is 2.94. The molecule has 21 heavy (non-hydrogen) atoms. The quantitative estimate of drug-likeness (QED) is 0.800. The van der Waals surface area contributed by atoms with E-state index in [0.717, 1.165) is 16.8 Å². The highest BCUT2D eigenvalue weighted by atomic mass is 32.1. The van der Waals surface area contributed by atoms with Crippen LogP contribution in [-0.2, 0) is 0 Å². The highest BCUT2D eigenvalue weighted by Crippen LogP contribution is 2.19. The Morgan fingerprint density at radius 2 is 1.90 bits per heavy atom. The number of nitrogens with one attached hydrogen (secondary N) is 1. The Labute approximate surface area is 126 Å². The summed E-state index contributed by atoms with van der Waals surface area (Å²) in [6.07, 6.45) is 1.71. The van der Waals surface area contributed by atoms with Crippen LogP contribution in [0, 0.1) is 6.92 Å². The van der Waals surface area contributed by atoms with Gasteiger partial charge in [-0.3, -0.25) is 15.1 Å². The third-order valence-corrected chi connectivity index (χ3v) is 3.82. The largest absolute Gasteiger partial charge is 0.296 e. The molecule has 0 aliphatic carbocycles. The average molecular weight is 295 g/mol. The Morgan fingerprint density at radius 3 is 2.52 bits per heavy atom. The molecule has 2 heterocycles. The SMILES string of the molecule is Cc1csc(NC(=O)c2ccc(-c3ccccc3)cn2)n1. The number of amides is 1. The zero-order valence-electron chi connectivity index (χ0n) is 11.4. The minimum absolute atomic E-state index is 0.246. The van der Waals surface area contributed by atoms with E-state index in [9.17, 15) is 4.79 Å². The number of carbonyl (C=O) groups excluding carboxylic acids is 1. The first-order valence-electron chi connectivity index (χ1n) is 6.47. The van der Waals surface area contributed by atoms with Gasteiger partial charge in [-0.15, -0.1) is 11.3 Å². The molecule has 1 amide bonds. The molecule has 0 fully saturated rings.